The van der Waals surface area contributed by atoms with Crippen molar-refractivity contribution in [3.63, 3.8) is 0 Å². The molecule has 2 bridgehead atoms. The fraction of sp³-hybridized carbons (Fsp3) is 0.682. The van der Waals surface area contributed by atoms with E-state index >= 15 is 0 Å². The number of carbonyl (C=O) groups excluding carboxylic acids is 1. The van der Waals surface area contributed by atoms with Gasteiger partial charge in [-0.15, -0.1) is 12.4 Å². The smallest absolute Gasteiger partial charge is 0.134 e. The van der Waals surface area contributed by atoms with Gasteiger partial charge in [0.2, 0.25) is 0 Å². The topological polar surface area (TPSA) is 49.8 Å². The fourth-order valence-electron chi connectivity index (χ4n) is 6.70. The van der Waals surface area contributed by atoms with E-state index in [9.17, 15) is 9.90 Å². The van der Waals surface area contributed by atoms with Crippen LogP contribution in [0.4, 0.5) is 0 Å². The number of phenols is 1. The number of piperidine rings is 1. The van der Waals surface area contributed by atoms with Crippen molar-refractivity contribution in [3.05, 3.63) is 29.3 Å². The minimum Gasteiger partial charge on any atom is -0.508 e. The first-order valence-corrected chi connectivity index (χ1v) is 10.1. The summed E-state index contributed by atoms with van der Waals surface area (Å²) in [6.45, 7) is 4.40. The molecular weight excluding hydrogens is 362 g/mol. The highest BCUT2D eigenvalue weighted by molar-refractivity contribution is 5.85. The third-order valence-electron chi connectivity index (χ3n) is 7.82. The van der Waals surface area contributed by atoms with Crippen LogP contribution in [0.25, 0.3) is 0 Å². The Hall–Kier alpha value is -1.10. The van der Waals surface area contributed by atoms with Gasteiger partial charge in [0.05, 0.1) is 5.60 Å². The largest absolute Gasteiger partial charge is 0.508 e. The van der Waals surface area contributed by atoms with Gasteiger partial charge in [0.25, 0.3) is 0 Å². The van der Waals surface area contributed by atoms with Crippen molar-refractivity contribution in [1.82, 2.24) is 4.90 Å². The molecule has 2 saturated carbocycles. The zero-order valence-corrected chi connectivity index (χ0v) is 17.1. The molecule has 0 spiro atoms. The number of nitrogens with zero attached hydrogens (tertiary/aromatic N) is 1. The monoisotopic (exact) mass is 391 g/mol. The molecule has 1 aromatic carbocycles. The Labute approximate surface area is 167 Å². The van der Waals surface area contributed by atoms with Crippen molar-refractivity contribution >= 4 is 18.2 Å². The molecule has 4 aliphatic rings. The number of ether oxygens (including phenoxy) is 1. The summed E-state index contributed by atoms with van der Waals surface area (Å²) < 4.78 is 6.45. The van der Waals surface area contributed by atoms with E-state index in [1.165, 1.54) is 30.5 Å². The van der Waals surface area contributed by atoms with Crippen LogP contribution in [0.3, 0.4) is 0 Å². The minimum absolute atomic E-state index is 0. The average molecular weight is 392 g/mol. The molecule has 5 rings (SSSR count). The molecule has 1 aromatic rings. The first kappa shape index (κ1) is 19.2. The number of ketones is 1. The minimum atomic E-state index is -0.338. The highest BCUT2D eigenvalue weighted by Crippen LogP contribution is 2.61. The lowest BCUT2D eigenvalue weighted by molar-refractivity contribution is -0.210. The summed E-state index contributed by atoms with van der Waals surface area (Å²) in [6.07, 6.45) is 5.76. The molecule has 0 amide bonds. The van der Waals surface area contributed by atoms with E-state index in [1.54, 1.807) is 6.07 Å². The molecule has 0 aromatic heterocycles. The zero-order chi connectivity index (χ0) is 18.1. The molecule has 3 aliphatic carbocycles. The van der Waals surface area contributed by atoms with Crippen LogP contribution in [0.5, 0.6) is 5.75 Å². The molecule has 5 heteroatoms. The van der Waals surface area contributed by atoms with Crippen LogP contribution in [-0.2, 0) is 21.4 Å². The lowest BCUT2D eigenvalue weighted by atomic mass is 9.46. The van der Waals surface area contributed by atoms with Crippen LogP contribution in [0.2, 0.25) is 0 Å². The zero-order valence-electron chi connectivity index (χ0n) is 16.2. The van der Waals surface area contributed by atoms with Crippen LogP contribution < -0.4 is 0 Å². The van der Waals surface area contributed by atoms with Gasteiger partial charge in [0.15, 0.2) is 0 Å². The number of Topliss-reactive ketones (excluding diaryl/α,β-unsaturated/α-hetero) is 1. The lowest BCUT2D eigenvalue weighted by Gasteiger charge is -2.67. The summed E-state index contributed by atoms with van der Waals surface area (Å²) in [6, 6.07) is 6.11. The molecule has 0 radical (unpaired) electrons. The van der Waals surface area contributed by atoms with Crippen molar-refractivity contribution in [3.8, 4) is 5.75 Å². The standard InChI is InChI=1S/C22H29NO3.ClH/c1-14-9-18(25)12-21-7-8-23(13-15-3-4-15)20(22(14,21)26-2)10-16-5-6-17(24)11-19(16)21;/h5-6,11,14-15,20,24H,3-4,7-10,12-13H2,1-2H3;1H/t14-,20-,21-,22?;/m1./s1. The quantitative estimate of drug-likeness (QED) is 0.857. The van der Waals surface area contributed by atoms with Crippen LogP contribution >= 0.6 is 12.4 Å². The Morgan fingerprint density at radius 1 is 1.30 bits per heavy atom. The fourth-order valence-corrected chi connectivity index (χ4v) is 6.70. The third kappa shape index (κ3) is 2.53. The van der Waals surface area contributed by atoms with Gasteiger partial charge in [-0.05, 0) is 67.3 Å². The van der Waals surface area contributed by atoms with Gasteiger partial charge in [-0.3, -0.25) is 9.69 Å². The summed E-state index contributed by atoms with van der Waals surface area (Å²) in [4.78, 5) is 15.4. The van der Waals surface area contributed by atoms with E-state index in [0.29, 0.717) is 30.4 Å². The molecule has 4 nitrogen and oxygen atoms in total. The second-order valence-corrected chi connectivity index (χ2v) is 9.15. The van der Waals surface area contributed by atoms with Gasteiger partial charge in [-0.2, -0.15) is 0 Å². The van der Waals surface area contributed by atoms with Crippen LogP contribution in [0.1, 0.15) is 50.2 Å². The van der Waals surface area contributed by atoms with Gasteiger partial charge in [0.1, 0.15) is 11.5 Å². The Balaban J connectivity index is 0.00000180. The van der Waals surface area contributed by atoms with Gasteiger partial charge < -0.3 is 9.84 Å². The number of likely N-dealkylation sites (tertiary alicyclic amines) is 1. The number of hydrogen-bond donors (Lipinski definition) is 1. The highest BCUT2D eigenvalue weighted by atomic mass is 35.5. The predicted molar refractivity (Wildman–Crippen MR) is 107 cm³/mol. The Bertz CT molecular complexity index is 764. The van der Waals surface area contributed by atoms with E-state index in [-0.39, 0.29) is 29.3 Å². The molecule has 148 valence electrons. The van der Waals surface area contributed by atoms with Crippen molar-refractivity contribution in [1.29, 1.82) is 0 Å². The molecule has 27 heavy (non-hydrogen) atoms. The SMILES string of the molecule is COC12[C@H](C)CC(=O)C[C@@]13CCN(CC1CC1)[C@@H]2Cc1ccc(O)cc13.Cl. The van der Waals surface area contributed by atoms with Gasteiger partial charge >= 0.3 is 0 Å². The summed E-state index contributed by atoms with van der Waals surface area (Å²) in [5.74, 6) is 1.68. The number of carbonyl (C=O) groups is 1. The number of methoxy groups -OCH3 is 1. The maximum atomic E-state index is 12.7. The Morgan fingerprint density at radius 3 is 2.78 bits per heavy atom. The number of benzene rings is 1. The highest BCUT2D eigenvalue weighted by Gasteiger charge is 2.68. The molecule has 4 atom stereocenters. The molecule has 1 saturated heterocycles. The summed E-state index contributed by atoms with van der Waals surface area (Å²) in [5.41, 5.74) is 1.83. The third-order valence-corrected chi connectivity index (χ3v) is 7.82. The number of halogens is 1. The number of rotatable bonds is 3. The first-order chi connectivity index (χ1) is 12.5. The molecule has 1 aliphatic heterocycles. The molecule has 1 N–H and O–H groups in total. The van der Waals surface area contributed by atoms with E-state index in [0.717, 1.165) is 25.3 Å². The van der Waals surface area contributed by atoms with Gasteiger partial charge in [-0.25, -0.2) is 0 Å². The molecule has 1 heterocycles. The number of aromatic hydroxyl groups is 1. The number of fused-ring (bicyclic) bond motifs is 1. The second kappa shape index (κ2) is 6.47. The van der Waals surface area contributed by atoms with Crippen LogP contribution in [0.15, 0.2) is 18.2 Å². The Kier molecular flexibility index (Phi) is 4.60. The van der Waals surface area contributed by atoms with Crippen molar-refractivity contribution in [2.75, 3.05) is 20.2 Å². The van der Waals surface area contributed by atoms with E-state index in [1.807, 2.05) is 13.2 Å². The van der Waals surface area contributed by atoms with Gasteiger partial charge in [-0.1, -0.05) is 13.0 Å². The maximum Gasteiger partial charge on any atom is 0.134 e. The van der Waals surface area contributed by atoms with E-state index in [2.05, 4.69) is 17.9 Å². The maximum absolute atomic E-state index is 12.7. The predicted octanol–water partition coefficient (Wildman–Crippen LogP) is 3.48. The van der Waals surface area contributed by atoms with Crippen molar-refractivity contribution in [2.45, 2.75) is 62.5 Å². The lowest BCUT2D eigenvalue weighted by Crippen LogP contribution is -2.76. The van der Waals surface area contributed by atoms with Gasteiger partial charge in [0, 0.05) is 38.0 Å². The number of hydrogen-bond acceptors (Lipinski definition) is 4. The van der Waals surface area contributed by atoms with E-state index < -0.39 is 0 Å². The van der Waals surface area contributed by atoms with Crippen LogP contribution in [0, 0.1) is 11.8 Å². The molecule has 3 fully saturated rings. The molecule has 1 unspecified atom stereocenters. The Morgan fingerprint density at radius 2 is 2.07 bits per heavy atom. The van der Waals surface area contributed by atoms with E-state index in [4.69, 9.17) is 4.74 Å². The summed E-state index contributed by atoms with van der Waals surface area (Å²) in [5, 5.41) is 10.2. The summed E-state index contributed by atoms with van der Waals surface area (Å²) in [7, 11) is 1.85. The number of phenolic OH excluding ortho intramolecular Hbond substituents is 1. The first-order valence-electron chi connectivity index (χ1n) is 10.1. The average Bonchev–Trinajstić information content (AvgIpc) is 3.42. The van der Waals surface area contributed by atoms with Crippen molar-refractivity contribution in [2.24, 2.45) is 11.8 Å². The second-order valence-electron chi connectivity index (χ2n) is 9.15. The normalized spacial score (nSPS) is 37.9. The van der Waals surface area contributed by atoms with Crippen molar-refractivity contribution < 1.29 is 14.6 Å². The van der Waals surface area contributed by atoms with Crippen LogP contribution in [-0.4, -0.2) is 47.6 Å². The molecular formula is C22H30ClNO3. The summed E-state index contributed by atoms with van der Waals surface area (Å²) >= 11 is 0.